The summed E-state index contributed by atoms with van der Waals surface area (Å²) in [6.45, 7) is -0.213. The molecule has 0 radical (unpaired) electrons. The molecule has 0 aliphatic rings. The van der Waals surface area contributed by atoms with Crippen molar-refractivity contribution < 1.29 is 21.6 Å². The van der Waals surface area contributed by atoms with Crippen LogP contribution in [0.5, 0.6) is 0 Å². The van der Waals surface area contributed by atoms with E-state index in [1.807, 2.05) is 0 Å². The lowest BCUT2D eigenvalue weighted by atomic mass is 10.1. The molecule has 1 aromatic rings. The van der Waals surface area contributed by atoms with Gasteiger partial charge in [-0.2, -0.15) is 13.2 Å². The molecule has 1 rings (SSSR count). The average molecular weight is 313 g/mol. The molecule has 0 fully saturated rings. The van der Waals surface area contributed by atoms with E-state index in [-0.39, 0.29) is 17.9 Å². The number of benzene rings is 1. The van der Waals surface area contributed by atoms with Gasteiger partial charge in [-0.3, -0.25) is 0 Å². The van der Waals surface area contributed by atoms with E-state index in [1.165, 1.54) is 23.9 Å². The van der Waals surface area contributed by atoms with E-state index >= 15 is 0 Å². The summed E-state index contributed by atoms with van der Waals surface area (Å²) in [7, 11) is -3.07. The lowest BCUT2D eigenvalue weighted by Crippen LogP contribution is -2.12. The first-order valence-electron chi connectivity index (χ1n) is 5.34. The molecule has 0 saturated heterocycles. The van der Waals surface area contributed by atoms with Crippen LogP contribution in [0.4, 0.5) is 13.2 Å². The molecule has 8 heteroatoms. The SMILES string of the molecule is CS(=O)(=O)CCSc1ccc(C(F)(F)F)c(CN)c1. The summed E-state index contributed by atoms with van der Waals surface area (Å²) in [4.78, 5) is 0.581. The van der Waals surface area contributed by atoms with E-state index in [4.69, 9.17) is 5.73 Å². The van der Waals surface area contributed by atoms with Crippen molar-refractivity contribution >= 4 is 21.6 Å². The van der Waals surface area contributed by atoms with E-state index in [0.717, 1.165) is 12.3 Å². The third-order valence-electron chi connectivity index (χ3n) is 2.32. The minimum absolute atomic E-state index is 0.0110. The van der Waals surface area contributed by atoms with Gasteiger partial charge < -0.3 is 5.73 Å². The van der Waals surface area contributed by atoms with Crippen LogP contribution in [-0.2, 0) is 22.6 Å². The van der Waals surface area contributed by atoms with Crippen LogP contribution >= 0.6 is 11.8 Å². The monoisotopic (exact) mass is 313 g/mol. The first-order chi connectivity index (χ1) is 8.63. The molecule has 3 nitrogen and oxygen atoms in total. The fourth-order valence-corrected chi connectivity index (χ4v) is 3.59. The highest BCUT2D eigenvalue weighted by atomic mass is 32.2. The Labute approximate surface area is 114 Å². The fourth-order valence-electron chi connectivity index (χ4n) is 1.42. The van der Waals surface area contributed by atoms with Crippen molar-refractivity contribution in [3.8, 4) is 0 Å². The maximum atomic E-state index is 12.6. The van der Waals surface area contributed by atoms with Gasteiger partial charge in [-0.25, -0.2) is 8.42 Å². The van der Waals surface area contributed by atoms with Crippen molar-refractivity contribution in [1.29, 1.82) is 0 Å². The predicted molar refractivity (Wildman–Crippen MR) is 69.8 cm³/mol. The van der Waals surface area contributed by atoms with Crippen molar-refractivity contribution in [2.24, 2.45) is 5.73 Å². The quantitative estimate of drug-likeness (QED) is 0.847. The zero-order valence-electron chi connectivity index (χ0n) is 10.2. The van der Waals surface area contributed by atoms with Crippen molar-refractivity contribution in [3.63, 3.8) is 0 Å². The van der Waals surface area contributed by atoms with Crippen molar-refractivity contribution in [3.05, 3.63) is 29.3 Å². The van der Waals surface area contributed by atoms with Gasteiger partial charge >= 0.3 is 6.18 Å². The number of alkyl halides is 3. The summed E-state index contributed by atoms with van der Waals surface area (Å²) < 4.78 is 59.8. The van der Waals surface area contributed by atoms with E-state index < -0.39 is 21.6 Å². The van der Waals surface area contributed by atoms with Gasteiger partial charge in [-0.1, -0.05) is 0 Å². The third kappa shape index (κ3) is 5.42. The van der Waals surface area contributed by atoms with E-state index in [2.05, 4.69) is 0 Å². The van der Waals surface area contributed by atoms with Crippen LogP contribution in [0.2, 0.25) is 0 Å². The Morgan fingerprint density at radius 3 is 2.42 bits per heavy atom. The largest absolute Gasteiger partial charge is 0.416 e. The minimum atomic E-state index is -4.43. The van der Waals surface area contributed by atoms with Gasteiger partial charge in [0.1, 0.15) is 9.84 Å². The molecule has 108 valence electrons. The van der Waals surface area contributed by atoms with E-state index in [1.54, 1.807) is 0 Å². The molecule has 2 N–H and O–H groups in total. The smallest absolute Gasteiger partial charge is 0.326 e. The van der Waals surface area contributed by atoms with Crippen LogP contribution in [-0.4, -0.2) is 26.2 Å². The Morgan fingerprint density at radius 2 is 1.95 bits per heavy atom. The molecule has 0 unspecified atom stereocenters. The Morgan fingerprint density at radius 1 is 1.32 bits per heavy atom. The molecule has 0 spiro atoms. The van der Waals surface area contributed by atoms with Gasteiger partial charge in [0.15, 0.2) is 0 Å². The first kappa shape index (κ1) is 16.3. The molecule has 1 aromatic carbocycles. The minimum Gasteiger partial charge on any atom is -0.326 e. The van der Waals surface area contributed by atoms with Gasteiger partial charge in [0.25, 0.3) is 0 Å². The van der Waals surface area contributed by atoms with Crippen LogP contribution in [0.15, 0.2) is 23.1 Å². The number of hydrogen-bond donors (Lipinski definition) is 1. The molecule has 0 aliphatic heterocycles. The molecule has 0 atom stereocenters. The van der Waals surface area contributed by atoms with Gasteiger partial charge in [-0.15, -0.1) is 11.8 Å². The summed E-state index contributed by atoms with van der Waals surface area (Å²) >= 11 is 1.19. The second-order valence-corrected chi connectivity index (χ2v) is 7.43. The van der Waals surface area contributed by atoms with Gasteiger partial charge in [0, 0.05) is 23.4 Å². The maximum absolute atomic E-state index is 12.6. The van der Waals surface area contributed by atoms with Gasteiger partial charge in [-0.05, 0) is 23.8 Å². The topological polar surface area (TPSA) is 60.2 Å². The number of sulfone groups is 1. The molecule has 19 heavy (non-hydrogen) atoms. The normalized spacial score (nSPS) is 12.7. The van der Waals surface area contributed by atoms with E-state index in [9.17, 15) is 21.6 Å². The average Bonchev–Trinajstić information content (AvgIpc) is 2.25. The number of nitrogens with two attached hydrogens (primary N) is 1. The van der Waals surface area contributed by atoms with Gasteiger partial charge in [0.2, 0.25) is 0 Å². The highest BCUT2D eigenvalue weighted by Crippen LogP contribution is 2.34. The number of hydrogen-bond acceptors (Lipinski definition) is 4. The lowest BCUT2D eigenvalue weighted by molar-refractivity contribution is -0.138. The molecule has 0 bridgehead atoms. The van der Waals surface area contributed by atoms with Crippen molar-refractivity contribution in [1.82, 2.24) is 0 Å². The van der Waals surface area contributed by atoms with Crippen LogP contribution < -0.4 is 5.73 Å². The van der Waals surface area contributed by atoms with Crippen LogP contribution in [0.3, 0.4) is 0 Å². The molecule has 0 heterocycles. The van der Waals surface area contributed by atoms with Crippen molar-refractivity contribution in [2.75, 3.05) is 17.8 Å². The van der Waals surface area contributed by atoms with Gasteiger partial charge in [0.05, 0.1) is 11.3 Å². The van der Waals surface area contributed by atoms with Crippen LogP contribution in [0.1, 0.15) is 11.1 Å². The molecular formula is C11H14F3NO2S2. The lowest BCUT2D eigenvalue weighted by Gasteiger charge is -2.13. The summed E-state index contributed by atoms with van der Waals surface area (Å²) in [5.74, 6) is 0.283. The predicted octanol–water partition coefficient (Wildman–Crippen LogP) is 2.30. The molecule has 0 aliphatic carbocycles. The summed E-state index contributed by atoms with van der Waals surface area (Å²) in [5.41, 5.74) is 4.57. The maximum Gasteiger partial charge on any atom is 0.416 e. The molecule has 0 saturated carbocycles. The summed E-state index contributed by atoms with van der Waals surface area (Å²) in [6.07, 6.45) is -3.31. The molecular weight excluding hydrogens is 299 g/mol. The second-order valence-electron chi connectivity index (χ2n) is 4.00. The highest BCUT2D eigenvalue weighted by molar-refractivity contribution is 8.00. The number of rotatable bonds is 5. The third-order valence-corrected chi connectivity index (χ3v) is 4.52. The fraction of sp³-hybridized carbons (Fsp3) is 0.455. The highest BCUT2D eigenvalue weighted by Gasteiger charge is 2.32. The number of halogens is 3. The zero-order chi connectivity index (χ0) is 14.7. The Hall–Kier alpha value is -0.730. The Bertz CT molecular complexity index is 541. The summed E-state index contributed by atoms with van der Waals surface area (Å²) in [5, 5.41) is 0. The number of thioether (sulfide) groups is 1. The molecule has 0 amide bonds. The standard InChI is InChI=1S/C11H14F3NO2S2/c1-19(16,17)5-4-18-9-2-3-10(11(12,13)14)8(6-9)7-15/h2-3,6H,4-5,7,15H2,1H3. The first-order valence-corrected chi connectivity index (χ1v) is 8.39. The molecule has 0 aromatic heterocycles. The van der Waals surface area contributed by atoms with E-state index in [0.29, 0.717) is 10.6 Å². The second kappa shape index (κ2) is 6.15. The zero-order valence-corrected chi connectivity index (χ0v) is 11.8. The van der Waals surface area contributed by atoms with Crippen LogP contribution in [0, 0.1) is 0 Å². The Balaban J connectivity index is 2.83. The van der Waals surface area contributed by atoms with Crippen molar-refractivity contribution in [2.45, 2.75) is 17.6 Å². The summed E-state index contributed by atoms with van der Waals surface area (Å²) in [6, 6.07) is 3.66. The van der Waals surface area contributed by atoms with Crippen LogP contribution in [0.25, 0.3) is 0 Å². The Kier molecular flexibility index (Phi) is 5.28.